The standard InChI is InChI=1S/C18H21N3O.2ClH/c1-13-12-14-6-2-5-9-17(14)21(13)11-10-20-18(22)15-7-3-4-8-16(15)19;;/h2-9,13H,10-12,19H2,1H3,(H,20,22);2*1H. The topological polar surface area (TPSA) is 58.4 Å². The van der Waals surface area contributed by atoms with Crippen LogP contribution in [0.5, 0.6) is 0 Å². The normalized spacial score (nSPS) is 15.0. The smallest absolute Gasteiger partial charge is 0.253 e. The lowest BCUT2D eigenvalue weighted by Crippen LogP contribution is -2.38. The molecule has 4 nitrogen and oxygen atoms in total. The van der Waals surface area contributed by atoms with Gasteiger partial charge in [0.15, 0.2) is 0 Å². The molecular formula is C18H23Cl2N3O. The molecule has 0 radical (unpaired) electrons. The zero-order chi connectivity index (χ0) is 15.5. The van der Waals surface area contributed by atoms with Crippen molar-refractivity contribution in [1.82, 2.24) is 5.32 Å². The Bertz CT molecular complexity index is 693. The zero-order valence-corrected chi connectivity index (χ0v) is 15.2. The van der Waals surface area contributed by atoms with Gasteiger partial charge in [0.1, 0.15) is 0 Å². The summed E-state index contributed by atoms with van der Waals surface area (Å²) in [6, 6.07) is 16.1. The van der Waals surface area contributed by atoms with Gasteiger partial charge < -0.3 is 16.0 Å². The summed E-state index contributed by atoms with van der Waals surface area (Å²) in [7, 11) is 0. The Morgan fingerprint density at radius 1 is 1.17 bits per heavy atom. The Morgan fingerprint density at radius 2 is 1.83 bits per heavy atom. The number of para-hydroxylation sites is 2. The third-order valence-electron chi connectivity index (χ3n) is 4.19. The average molecular weight is 368 g/mol. The van der Waals surface area contributed by atoms with Crippen LogP contribution in [0.15, 0.2) is 48.5 Å². The number of hydrogen-bond donors (Lipinski definition) is 2. The summed E-state index contributed by atoms with van der Waals surface area (Å²) in [5.74, 6) is -0.113. The number of fused-ring (bicyclic) bond motifs is 1. The number of nitrogens with one attached hydrogen (secondary N) is 1. The van der Waals surface area contributed by atoms with Gasteiger partial charge in [-0.3, -0.25) is 4.79 Å². The minimum absolute atomic E-state index is 0. The maximum atomic E-state index is 12.2. The molecule has 0 bridgehead atoms. The van der Waals surface area contributed by atoms with E-state index in [0.29, 0.717) is 23.8 Å². The molecule has 1 atom stereocenters. The molecule has 0 saturated carbocycles. The first-order chi connectivity index (χ1) is 10.7. The molecule has 1 aliphatic rings. The molecule has 0 saturated heterocycles. The fraction of sp³-hybridized carbons (Fsp3) is 0.278. The van der Waals surface area contributed by atoms with Crippen LogP contribution in [0, 0.1) is 0 Å². The molecule has 1 heterocycles. The number of carbonyl (C=O) groups is 1. The molecule has 2 aromatic carbocycles. The lowest BCUT2D eigenvalue weighted by molar-refractivity contribution is 0.0955. The molecule has 3 N–H and O–H groups in total. The van der Waals surface area contributed by atoms with Crippen LogP contribution >= 0.6 is 24.8 Å². The third kappa shape index (κ3) is 4.13. The largest absolute Gasteiger partial charge is 0.398 e. The second-order valence-electron chi connectivity index (χ2n) is 5.72. The van der Waals surface area contributed by atoms with E-state index in [0.717, 1.165) is 13.0 Å². The number of hydrogen-bond acceptors (Lipinski definition) is 3. The van der Waals surface area contributed by atoms with E-state index in [-0.39, 0.29) is 30.7 Å². The molecule has 130 valence electrons. The Kier molecular flexibility index (Phi) is 7.39. The summed E-state index contributed by atoms with van der Waals surface area (Å²) in [6.07, 6.45) is 1.07. The SMILES string of the molecule is CC1Cc2ccccc2N1CCNC(=O)c1ccccc1N.Cl.Cl. The Hall–Kier alpha value is -1.91. The molecule has 0 fully saturated rings. The van der Waals surface area contributed by atoms with E-state index in [1.807, 2.05) is 12.1 Å². The second kappa shape index (κ2) is 8.81. The van der Waals surface area contributed by atoms with E-state index < -0.39 is 0 Å². The van der Waals surface area contributed by atoms with Gasteiger partial charge in [-0.05, 0) is 37.1 Å². The van der Waals surface area contributed by atoms with Gasteiger partial charge in [-0.2, -0.15) is 0 Å². The van der Waals surface area contributed by atoms with Crippen molar-refractivity contribution in [3.8, 4) is 0 Å². The summed E-state index contributed by atoms with van der Waals surface area (Å²) >= 11 is 0. The van der Waals surface area contributed by atoms with Crippen molar-refractivity contribution in [2.75, 3.05) is 23.7 Å². The van der Waals surface area contributed by atoms with Crippen molar-refractivity contribution in [2.45, 2.75) is 19.4 Å². The number of halogens is 2. The quantitative estimate of drug-likeness (QED) is 0.815. The van der Waals surface area contributed by atoms with E-state index in [2.05, 4.69) is 41.4 Å². The van der Waals surface area contributed by atoms with Crippen molar-refractivity contribution in [1.29, 1.82) is 0 Å². The van der Waals surface area contributed by atoms with Gasteiger partial charge in [-0.1, -0.05) is 30.3 Å². The van der Waals surface area contributed by atoms with Gasteiger partial charge in [0, 0.05) is 30.5 Å². The molecule has 6 heteroatoms. The van der Waals surface area contributed by atoms with E-state index in [1.54, 1.807) is 12.1 Å². The van der Waals surface area contributed by atoms with Gasteiger partial charge in [0.2, 0.25) is 0 Å². The van der Waals surface area contributed by atoms with Gasteiger partial charge in [-0.25, -0.2) is 0 Å². The fourth-order valence-corrected chi connectivity index (χ4v) is 3.06. The van der Waals surface area contributed by atoms with Crippen molar-refractivity contribution in [3.63, 3.8) is 0 Å². The Morgan fingerprint density at radius 3 is 2.58 bits per heavy atom. The maximum absolute atomic E-state index is 12.2. The minimum atomic E-state index is -0.113. The number of nitrogens with two attached hydrogens (primary N) is 1. The second-order valence-corrected chi connectivity index (χ2v) is 5.72. The highest BCUT2D eigenvalue weighted by Crippen LogP contribution is 2.31. The first-order valence-electron chi connectivity index (χ1n) is 7.64. The van der Waals surface area contributed by atoms with Crippen molar-refractivity contribution in [3.05, 3.63) is 59.7 Å². The summed E-state index contributed by atoms with van der Waals surface area (Å²) in [6.45, 7) is 3.62. The van der Waals surface area contributed by atoms with Crippen LogP contribution in [0.4, 0.5) is 11.4 Å². The number of anilines is 2. The maximum Gasteiger partial charge on any atom is 0.253 e. The number of nitrogens with zero attached hydrogens (tertiary/aromatic N) is 1. The van der Waals surface area contributed by atoms with Crippen LogP contribution in [-0.2, 0) is 6.42 Å². The van der Waals surface area contributed by atoms with Crippen LogP contribution in [0.2, 0.25) is 0 Å². The van der Waals surface area contributed by atoms with Crippen LogP contribution in [0.1, 0.15) is 22.8 Å². The van der Waals surface area contributed by atoms with Crippen LogP contribution < -0.4 is 16.0 Å². The molecule has 0 spiro atoms. The highest BCUT2D eigenvalue weighted by molar-refractivity contribution is 5.99. The molecule has 2 aromatic rings. The number of amides is 1. The molecule has 1 amide bonds. The predicted molar refractivity (Wildman–Crippen MR) is 105 cm³/mol. The molecule has 0 aliphatic carbocycles. The highest BCUT2D eigenvalue weighted by atomic mass is 35.5. The lowest BCUT2D eigenvalue weighted by atomic mass is 10.1. The fourth-order valence-electron chi connectivity index (χ4n) is 3.06. The average Bonchev–Trinajstić information content (AvgIpc) is 2.83. The molecular weight excluding hydrogens is 345 g/mol. The van der Waals surface area contributed by atoms with Crippen LogP contribution in [-0.4, -0.2) is 25.0 Å². The number of carbonyl (C=O) groups excluding carboxylic acids is 1. The highest BCUT2D eigenvalue weighted by Gasteiger charge is 2.24. The van der Waals surface area contributed by atoms with Crippen LogP contribution in [0.3, 0.4) is 0 Å². The third-order valence-corrected chi connectivity index (χ3v) is 4.19. The summed E-state index contributed by atoms with van der Waals surface area (Å²) in [4.78, 5) is 14.5. The Balaban J connectivity index is 0.00000144. The first kappa shape index (κ1) is 20.1. The molecule has 1 aliphatic heterocycles. The van der Waals surface area contributed by atoms with Gasteiger partial charge >= 0.3 is 0 Å². The monoisotopic (exact) mass is 367 g/mol. The molecule has 0 aromatic heterocycles. The summed E-state index contributed by atoms with van der Waals surface area (Å²) < 4.78 is 0. The lowest BCUT2D eigenvalue weighted by Gasteiger charge is -2.25. The summed E-state index contributed by atoms with van der Waals surface area (Å²) in [5.41, 5.74) is 9.55. The molecule has 3 rings (SSSR count). The predicted octanol–water partition coefficient (Wildman–Crippen LogP) is 3.29. The number of benzene rings is 2. The van der Waals surface area contributed by atoms with E-state index >= 15 is 0 Å². The number of nitrogen functional groups attached to an aromatic ring is 1. The van der Waals surface area contributed by atoms with E-state index in [4.69, 9.17) is 5.73 Å². The van der Waals surface area contributed by atoms with Gasteiger partial charge in [0.05, 0.1) is 5.56 Å². The first-order valence-corrected chi connectivity index (χ1v) is 7.64. The van der Waals surface area contributed by atoms with Crippen molar-refractivity contribution < 1.29 is 4.79 Å². The summed E-state index contributed by atoms with van der Waals surface area (Å²) in [5, 5.41) is 2.96. The van der Waals surface area contributed by atoms with Crippen molar-refractivity contribution >= 4 is 42.1 Å². The van der Waals surface area contributed by atoms with Crippen LogP contribution in [0.25, 0.3) is 0 Å². The number of rotatable bonds is 4. The van der Waals surface area contributed by atoms with E-state index in [1.165, 1.54) is 11.3 Å². The van der Waals surface area contributed by atoms with E-state index in [9.17, 15) is 4.79 Å². The van der Waals surface area contributed by atoms with Gasteiger partial charge in [0.25, 0.3) is 5.91 Å². The minimum Gasteiger partial charge on any atom is -0.398 e. The zero-order valence-electron chi connectivity index (χ0n) is 13.6. The van der Waals surface area contributed by atoms with Gasteiger partial charge in [-0.15, -0.1) is 24.8 Å². The molecule has 1 unspecified atom stereocenters. The molecule has 24 heavy (non-hydrogen) atoms. The van der Waals surface area contributed by atoms with Crippen molar-refractivity contribution in [2.24, 2.45) is 0 Å². The Labute approximate surface area is 155 Å².